The second-order valence-electron chi connectivity index (χ2n) is 4.64. The maximum absolute atomic E-state index is 11.5. The Balaban J connectivity index is 2.71. The summed E-state index contributed by atoms with van der Waals surface area (Å²) in [5.74, 6) is -2.82. The summed E-state index contributed by atoms with van der Waals surface area (Å²) in [6.07, 6.45) is 3.17. The summed E-state index contributed by atoms with van der Waals surface area (Å²) in [5, 5.41) is 21.6. The molecule has 0 amide bonds. The molecule has 1 aromatic rings. The van der Waals surface area contributed by atoms with Gasteiger partial charge in [0.25, 0.3) is 0 Å². The van der Waals surface area contributed by atoms with Crippen LogP contribution in [0.5, 0.6) is 0 Å². The summed E-state index contributed by atoms with van der Waals surface area (Å²) < 4.78 is 1.63. The molecular weight excluding hydrogens is 262 g/mol. The lowest BCUT2D eigenvalue weighted by atomic mass is 9.85. The van der Waals surface area contributed by atoms with Gasteiger partial charge in [-0.1, -0.05) is 0 Å². The first-order valence-corrected chi connectivity index (χ1v) is 5.97. The van der Waals surface area contributed by atoms with E-state index in [4.69, 9.17) is 0 Å². The van der Waals surface area contributed by atoms with Gasteiger partial charge in [0, 0.05) is 30.8 Å². The minimum Gasteiger partial charge on any atom is -0.478 e. The second kappa shape index (κ2) is 4.84. The van der Waals surface area contributed by atoms with Gasteiger partial charge < -0.3 is 20.1 Å². The topological polar surface area (TPSA) is 104 Å². The number of aliphatic carboxylic acids is 2. The SMILES string of the molecule is CC1=C(C(=O)O)C(c2nccn2C)C(C(=O)O)=C(C)N1. The highest BCUT2D eigenvalue weighted by atomic mass is 16.4. The van der Waals surface area contributed by atoms with E-state index in [9.17, 15) is 19.8 Å². The molecule has 1 aliphatic rings. The Hall–Kier alpha value is -2.57. The van der Waals surface area contributed by atoms with Crippen LogP contribution in [0.15, 0.2) is 34.9 Å². The molecule has 2 heterocycles. The number of rotatable bonds is 3. The number of hydrogen-bond acceptors (Lipinski definition) is 4. The zero-order chi connectivity index (χ0) is 15.0. The van der Waals surface area contributed by atoms with Gasteiger partial charge in [-0.3, -0.25) is 0 Å². The minimum absolute atomic E-state index is 0.00213. The normalized spacial score (nSPS) is 16.4. The highest BCUT2D eigenvalue weighted by molar-refractivity contribution is 5.98. The molecule has 0 atom stereocenters. The largest absolute Gasteiger partial charge is 0.478 e. The molecule has 3 N–H and O–H groups in total. The molecule has 1 aliphatic heterocycles. The van der Waals surface area contributed by atoms with Gasteiger partial charge in [-0.15, -0.1) is 0 Å². The average Bonchev–Trinajstić information content (AvgIpc) is 2.72. The molecule has 0 saturated carbocycles. The molecule has 0 fully saturated rings. The van der Waals surface area contributed by atoms with E-state index in [1.807, 2.05) is 0 Å². The van der Waals surface area contributed by atoms with Gasteiger partial charge in [0.05, 0.1) is 17.1 Å². The van der Waals surface area contributed by atoms with Crippen molar-refractivity contribution >= 4 is 11.9 Å². The number of aromatic nitrogens is 2. The van der Waals surface area contributed by atoms with Crippen LogP contribution in [0.4, 0.5) is 0 Å². The molecular formula is C13H15N3O4. The Kier molecular flexibility index (Phi) is 3.35. The molecule has 1 aromatic heterocycles. The van der Waals surface area contributed by atoms with Crippen molar-refractivity contribution in [1.29, 1.82) is 0 Å². The third kappa shape index (κ3) is 2.07. The molecule has 0 saturated heterocycles. The van der Waals surface area contributed by atoms with E-state index in [1.54, 1.807) is 31.7 Å². The second-order valence-corrected chi connectivity index (χ2v) is 4.64. The van der Waals surface area contributed by atoms with Crippen molar-refractivity contribution in [2.24, 2.45) is 7.05 Å². The van der Waals surface area contributed by atoms with Gasteiger partial charge in [-0.25, -0.2) is 14.6 Å². The molecule has 0 bridgehead atoms. The van der Waals surface area contributed by atoms with Crippen LogP contribution in [0.1, 0.15) is 25.6 Å². The van der Waals surface area contributed by atoms with Crippen LogP contribution >= 0.6 is 0 Å². The highest BCUT2D eigenvalue weighted by Crippen LogP contribution is 2.37. The first-order chi connectivity index (χ1) is 9.34. The Labute approximate surface area is 115 Å². The van der Waals surface area contributed by atoms with E-state index < -0.39 is 17.9 Å². The molecule has 7 nitrogen and oxygen atoms in total. The summed E-state index contributed by atoms with van der Waals surface area (Å²) >= 11 is 0. The number of aryl methyl sites for hydroxylation is 1. The van der Waals surface area contributed by atoms with Crippen LogP contribution in [-0.4, -0.2) is 31.7 Å². The van der Waals surface area contributed by atoms with Crippen LogP contribution in [0.3, 0.4) is 0 Å². The van der Waals surface area contributed by atoms with Crippen LogP contribution in [0.25, 0.3) is 0 Å². The molecule has 0 radical (unpaired) electrons. The highest BCUT2D eigenvalue weighted by Gasteiger charge is 2.38. The summed E-state index contributed by atoms with van der Waals surface area (Å²) in [5.41, 5.74) is 0.852. The first-order valence-electron chi connectivity index (χ1n) is 5.97. The number of allylic oxidation sites excluding steroid dienone is 2. The predicted molar refractivity (Wildman–Crippen MR) is 69.8 cm³/mol. The van der Waals surface area contributed by atoms with Gasteiger partial charge in [-0.2, -0.15) is 0 Å². The predicted octanol–water partition coefficient (Wildman–Crippen LogP) is 0.824. The third-order valence-corrected chi connectivity index (χ3v) is 3.34. The van der Waals surface area contributed by atoms with E-state index in [2.05, 4.69) is 10.3 Å². The number of hydrogen-bond donors (Lipinski definition) is 3. The van der Waals surface area contributed by atoms with E-state index in [0.717, 1.165) is 0 Å². The van der Waals surface area contributed by atoms with Crippen LogP contribution in [-0.2, 0) is 16.6 Å². The smallest absolute Gasteiger partial charge is 0.334 e. The number of carboxylic acid groups (broad SMARTS) is 2. The van der Waals surface area contributed by atoms with Crippen LogP contribution in [0.2, 0.25) is 0 Å². The lowest BCUT2D eigenvalue weighted by Gasteiger charge is -2.27. The number of dihydropyridines is 1. The van der Waals surface area contributed by atoms with E-state index >= 15 is 0 Å². The Bertz CT molecular complexity index is 618. The summed E-state index contributed by atoms with van der Waals surface area (Å²) in [4.78, 5) is 27.1. The van der Waals surface area contributed by atoms with Gasteiger partial charge in [-0.05, 0) is 13.8 Å². The van der Waals surface area contributed by atoms with Crippen molar-refractivity contribution in [3.05, 3.63) is 40.8 Å². The van der Waals surface area contributed by atoms with Crippen molar-refractivity contribution in [2.45, 2.75) is 19.8 Å². The monoisotopic (exact) mass is 277 g/mol. The van der Waals surface area contributed by atoms with E-state index in [-0.39, 0.29) is 11.1 Å². The lowest BCUT2D eigenvalue weighted by molar-refractivity contribution is -0.133. The Morgan fingerprint density at radius 1 is 1.20 bits per heavy atom. The molecule has 0 spiro atoms. The number of nitrogens with one attached hydrogen (secondary N) is 1. The fourth-order valence-corrected chi connectivity index (χ4v) is 2.47. The van der Waals surface area contributed by atoms with Crippen LogP contribution < -0.4 is 5.32 Å². The number of imidazole rings is 1. The quantitative estimate of drug-likeness (QED) is 0.755. The summed E-state index contributed by atoms with van der Waals surface area (Å²) in [6.45, 7) is 3.23. The Morgan fingerprint density at radius 3 is 2.05 bits per heavy atom. The van der Waals surface area contributed by atoms with E-state index in [1.165, 1.54) is 6.20 Å². The van der Waals surface area contributed by atoms with Crippen LogP contribution in [0, 0.1) is 0 Å². The molecule has 0 aromatic carbocycles. The van der Waals surface area contributed by atoms with E-state index in [0.29, 0.717) is 17.2 Å². The van der Waals surface area contributed by atoms with Gasteiger partial charge in [0.1, 0.15) is 5.82 Å². The van der Waals surface area contributed by atoms with Crippen molar-refractivity contribution in [2.75, 3.05) is 0 Å². The number of nitrogens with zero attached hydrogens (tertiary/aromatic N) is 2. The average molecular weight is 277 g/mol. The standard InChI is InChI=1S/C13H15N3O4/c1-6-8(12(17)18)10(11-14-4-5-16(11)3)9(13(19)20)7(2)15-6/h4-5,10,15H,1-3H3,(H,17,18)(H,19,20). The number of carboxylic acids is 2. The first kappa shape index (κ1) is 13.9. The van der Waals surface area contributed by atoms with Crippen molar-refractivity contribution < 1.29 is 19.8 Å². The third-order valence-electron chi connectivity index (χ3n) is 3.34. The Morgan fingerprint density at radius 2 is 1.70 bits per heavy atom. The van der Waals surface area contributed by atoms with Gasteiger partial charge in [0.2, 0.25) is 0 Å². The fraction of sp³-hybridized carbons (Fsp3) is 0.308. The summed E-state index contributed by atoms with van der Waals surface area (Å²) in [6, 6.07) is 0. The van der Waals surface area contributed by atoms with Crippen molar-refractivity contribution in [1.82, 2.24) is 14.9 Å². The van der Waals surface area contributed by atoms with Crippen molar-refractivity contribution in [3.63, 3.8) is 0 Å². The zero-order valence-corrected chi connectivity index (χ0v) is 11.3. The minimum atomic E-state index is -1.16. The lowest BCUT2D eigenvalue weighted by Crippen LogP contribution is -2.32. The molecule has 20 heavy (non-hydrogen) atoms. The molecule has 0 aliphatic carbocycles. The molecule has 106 valence electrons. The van der Waals surface area contributed by atoms with Gasteiger partial charge in [0.15, 0.2) is 0 Å². The molecule has 0 unspecified atom stereocenters. The van der Waals surface area contributed by atoms with Gasteiger partial charge >= 0.3 is 11.9 Å². The number of carbonyl (C=O) groups is 2. The summed E-state index contributed by atoms with van der Waals surface area (Å²) in [7, 11) is 1.70. The fourth-order valence-electron chi connectivity index (χ4n) is 2.47. The molecule has 2 rings (SSSR count). The maximum Gasteiger partial charge on any atom is 0.334 e. The zero-order valence-electron chi connectivity index (χ0n) is 11.3. The molecule has 7 heteroatoms. The van der Waals surface area contributed by atoms with Crippen molar-refractivity contribution in [3.8, 4) is 0 Å². The maximum atomic E-state index is 11.5.